The molecule has 140 valence electrons. The zero-order chi connectivity index (χ0) is 19.6. The minimum Gasteiger partial charge on any atom is -0.464 e. The number of nitrogens with zero attached hydrogens (tertiary/aromatic N) is 3. The molecule has 0 bridgehead atoms. The molecular weight excluding hydrogens is 370 g/mol. The second-order valence-electron chi connectivity index (χ2n) is 5.93. The van der Waals surface area contributed by atoms with E-state index in [1.807, 2.05) is 6.92 Å². The summed E-state index contributed by atoms with van der Waals surface area (Å²) >= 11 is 1.30. The summed E-state index contributed by atoms with van der Waals surface area (Å²) < 4.78 is 6.37. The first-order chi connectivity index (χ1) is 12.9. The van der Waals surface area contributed by atoms with Crippen LogP contribution in [0, 0.1) is 10.1 Å². The fourth-order valence-electron chi connectivity index (χ4n) is 2.63. The first-order valence-electron chi connectivity index (χ1n) is 8.33. The number of carbonyl (C=O) groups is 1. The quantitative estimate of drug-likeness (QED) is 0.364. The van der Waals surface area contributed by atoms with E-state index < -0.39 is 16.9 Å². The van der Waals surface area contributed by atoms with Crippen molar-refractivity contribution in [2.45, 2.75) is 26.3 Å². The Morgan fingerprint density at radius 2 is 2.07 bits per heavy atom. The highest BCUT2D eigenvalue weighted by molar-refractivity contribution is 7.17. The molecule has 8 nitrogen and oxygen atoms in total. The van der Waals surface area contributed by atoms with Crippen LogP contribution < -0.4 is 5.56 Å². The minimum atomic E-state index is -0.800. The zero-order valence-electron chi connectivity index (χ0n) is 14.7. The molecule has 0 fully saturated rings. The first kappa shape index (κ1) is 18.7. The van der Waals surface area contributed by atoms with Gasteiger partial charge in [-0.15, -0.1) is 11.3 Å². The highest BCUT2D eigenvalue weighted by atomic mass is 32.1. The third-order valence-corrected chi connectivity index (χ3v) is 5.00. The lowest BCUT2D eigenvalue weighted by Gasteiger charge is -2.14. The molecule has 0 aliphatic heterocycles. The van der Waals surface area contributed by atoms with Gasteiger partial charge in [-0.1, -0.05) is 6.92 Å². The van der Waals surface area contributed by atoms with E-state index in [2.05, 4.69) is 4.98 Å². The van der Waals surface area contributed by atoms with Crippen LogP contribution in [-0.2, 0) is 9.53 Å². The highest BCUT2D eigenvalue weighted by Gasteiger charge is 2.21. The fraction of sp³-hybridized carbons (Fsp3) is 0.278. The largest absolute Gasteiger partial charge is 0.464 e. The average Bonchev–Trinajstić information content (AvgIpc) is 3.11. The number of ether oxygens (including phenoxy) is 1. The van der Waals surface area contributed by atoms with Crippen molar-refractivity contribution in [2.75, 3.05) is 6.61 Å². The molecule has 0 amide bonds. The molecular formula is C18H17N3O5S. The summed E-state index contributed by atoms with van der Waals surface area (Å²) in [6.45, 7) is 3.77. The minimum absolute atomic E-state index is 0.0267. The van der Waals surface area contributed by atoms with E-state index in [1.54, 1.807) is 24.4 Å². The Labute approximate surface area is 158 Å². The SMILES string of the molecule is CCCOC(=O)C(C)n1cnc2scc(-c3ccc([N+](=O)[O-])cc3)c2c1=O. The van der Waals surface area contributed by atoms with Gasteiger partial charge in [0, 0.05) is 23.1 Å². The van der Waals surface area contributed by atoms with Gasteiger partial charge in [-0.2, -0.15) is 0 Å². The van der Waals surface area contributed by atoms with Crippen molar-refractivity contribution in [3.05, 3.63) is 56.4 Å². The number of esters is 1. The summed E-state index contributed by atoms with van der Waals surface area (Å²) in [6.07, 6.45) is 2.04. The number of aromatic nitrogens is 2. The van der Waals surface area contributed by atoms with Gasteiger partial charge in [0.05, 0.1) is 23.2 Å². The number of nitro groups is 1. The second kappa shape index (κ2) is 7.67. The fourth-order valence-corrected chi connectivity index (χ4v) is 3.54. The lowest BCUT2D eigenvalue weighted by atomic mass is 10.1. The van der Waals surface area contributed by atoms with Crippen molar-refractivity contribution in [3.63, 3.8) is 0 Å². The molecule has 0 N–H and O–H groups in total. The zero-order valence-corrected chi connectivity index (χ0v) is 15.6. The van der Waals surface area contributed by atoms with Crippen LogP contribution in [0.2, 0.25) is 0 Å². The average molecular weight is 387 g/mol. The molecule has 0 aliphatic carbocycles. The third kappa shape index (κ3) is 3.59. The molecule has 1 atom stereocenters. The number of fused-ring (bicyclic) bond motifs is 1. The van der Waals surface area contributed by atoms with Crippen molar-refractivity contribution in [1.29, 1.82) is 0 Å². The summed E-state index contributed by atoms with van der Waals surface area (Å²) in [5, 5.41) is 13.0. The summed E-state index contributed by atoms with van der Waals surface area (Å²) in [4.78, 5) is 40.3. The van der Waals surface area contributed by atoms with E-state index in [0.29, 0.717) is 34.4 Å². The van der Waals surface area contributed by atoms with E-state index in [1.165, 1.54) is 34.4 Å². The molecule has 2 heterocycles. The second-order valence-corrected chi connectivity index (χ2v) is 6.79. The van der Waals surface area contributed by atoms with Crippen LogP contribution in [0.5, 0.6) is 0 Å². The lowest BCUT2D eigenvalue weighted by Crippen LogP contribution is -2.29. The highest BCUT2D eigenvalue weighted by Crippen LogP contribution is 2.31. The van der Waals surface area contributed by atoms with Crippen molar-refractivity contribution in [3.8, 4) is 11.1 Å². The monoisotopic (exact) mass is 387 g/mol. The van der Waals surface area contributed by atoms with Gasteiger partial charge >= 0.3 is 5.97 Å². The molecule has 1 aromatic carbocycles. The Hall–Kier alpha value is -3.07. The number of benzene rings is 1. The van der Waals surface area contributed by atoms with Gasteiger partial charge in [0.15, 0.2) is 0 Å². The maximum absolute atomic E-state index is 13.0. The molecule has 0 spiro atoms. The van der Waals surface area contributed by atoms with E-state index in [-0.39, 0.29) is 11.2 Å². The van der Waals surface area contributed by atoms with Crippen LogP contribution in [-0.4, -0.2) is 27.1 Å². The molecule has 0 radical (unpaired) electrons. The Morgan fingerprint density at radius 1 is 1.37 bits per heavy atom. The topological polar surface area (TPSA) is 104 Å². The van der Waals surface area contributed by atoms with E-state index in [0.717, 1.165) is 0 Å². The Kier molecular flexibility index (Phi) is 5.31. The summed E-state index contributed by atoms with van der Waals surface area (Å²) in [7, 11) is 0. The Balaban J connectivity index is 2.05. The molecule has 2 aromatic heterocycles. The van der Waals surface area contributed by atoms with Crippen LogP contribution in [0.15, 0.2) is 40.8 Å². The van der Waals surface area contributed by atoms with Gasteiger partial charge in [-0.3, -0.25) is 19.5 Å². The maximum Gasteiger partial charge on any atom is 0.328 e. The van der Waals surface area contributed by atoms with Crippen LogP contribution in [0.1, 0.15) is 26.3 Å². The number of non-ortho nitro benzene ring substituents is 1. The van der Waals surface area contributed by atoms with Crippen LogP contribution in [0.25, 0.3) is 21.3 Å². The Morgan fingerprint density at radius 3 is 2.70 bits per heavy atom. The number of rotatable bonds is 6. The molecule has 9 heteroatoms. The molecule has 0 saturated heterocycles. The van der Waals surface area contributed by atoms with Crippen molar-refractivity contribution in [2.24, 2.45) is 0 Å². The molecule has 1 unspecified atom stereocenters. The van der Waals surface area contributed by atoms with Gasteiger partial charge in [-0.05, 0) is 31.0 Å². The first-order valence-corrected chi connectivity index (χ1v) is 9.21. The van der Waals surface area contributed by atoms with E-state index in [9.17, 15) is 19.7 Å². The van der Waals surface area contributed by atoms with Gasteiger partial charge in [-0.25, -0.2) is 9.78 Å². The molecule has 0 aliphatic rings. The Bertz CT molecular complexity index is 1060. The van der Waals surface area contributed by atoms with Gasteiger partial charge in [0.25, 0.3) is 11.2 Å². The molecule has 0 saturated carbocycles. The third-order valence-electron chi connectivity index (χ3n) is 4.12. The van der Waals surface area contributed by atoms with Crippen LogP contribution in [0.4, 0.5) is 5.69 Å². The van der Waals surface area contributed by atoms with Gasteiger partial charge in [0.2, 0.25) is 0 Å². The van der Waals surface area contributed by atoms with Crippen LogP contribution >= 0.6 is 11.3 Å². The normalized spacial score (nSPS) is 12.1. The predicted octanol–water partition coefficient (Wildman–Crippen LogP) is 3.55. The van der Waals surface area contributed by atoms with Crippen molar-refractivity contribution >= 4 is 33.2 Å². The number of carbonyl (C=O) groups excluding carboxylic acids is 1. The summed E-state index contributed by atoms with van der Waals surface area (Å²) in [5.74, 6) is -0.493. The molecule has 3 rings (SSSR count). The summed E-state index contributed by atoms with van der Waals surface area (Å²) in [6, 6.07) is 5.16. The number of nitro benzene ring substituents is 1. The lowest BCUT2D eigenvalue weighted by molar-refractivity contribution is -0.384. The van der Waals surface area contributed by atoms with Crippen molar-refractivity contribution in [1.82, 2.24) is 9.55 Å². The van der Waals surface area contributed by atoms with E-state index >= 15 is 0 Å². The smallest absolute Gasteiger partial charge is 0.328 e. The summed E-state index contributed by atoms with van der Waals surface area (Å²) in [5.41, 5.74) is 0.923. The van der Waals surface area contributed by atoms with E-state index in [4.69, 9.17) is 4.74 Å². The number of hydrogen-bond acceptors (Lipinski definition) is 7. The number of hydrogen-bond donors (Lipinski definition) is 0. The molecule has 3 aromatic rings. The van der Waals surface area contributed by atoms with Gasteiger partial charge in [0.1, 0.15) is 10.9 Å². The standard InChI is InChI=1S/C18H17N3O5S/c1-3-8-26-18(23)11(2)20-10-19-16-15(17(20)22)14(9-27-16)12-4-6-13(7-5-12)21(24)25/h4-7,9-11H,3,8H2,1-2H3. The molecule has 27 heavy (non-hydrogen) atoms. The maximum atomic E-state index is 13.0. The van der Waals surface area contributed by atoms with Gasteiger partial charge < -0.3 is 4.74 Å². The van der Waals surface area contributed by atoms with Crippen molar-refractivity contribution < 1.29 is 14.5 Å². The number of thiophene rings is 1. The van der Waals surface area contributed by atoms with Crippen LogP contribution in [0.3, 0.4) is 0 Å². The predicted molar refractivity (Wildman–Crippen MR) is 102 cm³/mol.